The summed E-state index contributed by atoms with van der Waals surface area (Å²) in [6.45, 7) is 0.662. The number of nitrogens with one attached hydrogen (secondary N) is 1. The van der Waals surface area contributed by atoms with Crippen LogP contribution in [0.5, 0.6) is 5.75 Å². The van der Waals surface area contributed by atoms with Crippen molar-refractivity contribution in [2.75, 3.05) is 42.9 Å². The zero-order valence-electron chi connectivity index (χ0n) is 21.2. The summed E-state index contributed by atoms with van der Waals surface area (Å²) in [4.78, 5) is 34.2. The highest BCUT2D eigenvalue weighted by Gasteiger charge is 2.50. The van der Waals surface area contributed by atoms with Crippen LogP contribution in [-0.4, -0.2) is 78.4 Å². The van der Waals surface area contributed by atoms with Crippen molar-refractivity contribution in [1.82, 2.24) is 9.97 Å². The molecule has 2 heterocycles. The van der Waals surface area contributed by atoms with Crippen molar-refractivity contribution in [1.29, 1.82) is 0 Å². The van der Waals surface area contributed by atoms with E-state index < -0.39 is 55.1 Å². The fourth-order valence-corrected chi connectivity index (χ4v) is 4.02. The molecule has 1 aliphatic heterocycles. The Labute approximate surface area is 230 Å². The van der Waals surface area contributed by atoms with Crippen LogP contribution in [0.25, 0.3) is 0 Å². The van der Waals surface area contributed by atoms with E-state index in [0.29, 0.717) is 0 Å². The van der Waals surface area contributed by atoms with Crippen LogP contribution in [0.3, 0.4) is 0 Å². The van der Waals surface area contributed by atoms with Gasteiger partial charge in [0.2, 0.25) is 5.28 Å². The van der Waals surface area contributed by atoms with Crippen molar-refractivity contribution >= 4 is 40.9 Å². The Morgan fingerprint density at radius 2 is 1.93 bits per heavy atom. The lowest BCUT2D eigenvalue weighted by Crippen LogP contribution is -2.53. The summed E-state index contributed by atoms with van der Waals surface area (Å²) < 4.78 is 72.4. The zero-order chi connectivity index (χ0) is 29.7. The molecule has 40 heavy (non-hydrogen) atoms. The molecule has 3 unspecified atom stereocenters. The van der Waals surface area contributed by atoms with Crippen molar-refractivity contribution in [2.24, 2.45) is 0 Å². The summed E-state index contributed by atoms with van der Waals surface area (Å²) >= 11 is 5.84. The van der Waals surface area contributed by atoms with Crippen LogP contribution in [0.15, 0.2) is 24.3 Å². The number of fused-ring (bicyclic) bond motifs is 1. The van der Waals surface area contributed by atoms with E-state index in [1.807, 2.05) is 0 Å². The number of carbonyl (C=O) groups excluding carboxylic acids is 1. The second-order valence-corrected chi connectivity index (χ2v) is 8.78. The van der Waals surface area contributed by atoms with E-state index in [-0.39, 0.29) is 47.9 Å². The van der Waals surface area contributed by atoms with Gasteiger partial charge in [0, 0.05) is 20.0 Å². The van der Waals surface area contributed by atoms with Crippen LogP contribution in [-0.2, 0) is 30.2 Å². The number of rotatable bonds is 13. The van der Waals surface area contributed by atoms with Gasteiger partial charge >= 0.3 is 18.3 Å². The SMILES string of the molecule is CCOC(=O)C(Cc1ccc(OC(F)(F)F)cc1)(OCC(CC(F)N1CNc2c(N)nc(Cl)nc21)OC)C(=O)O. The third-order valence-corrected chi connectivity index (χ3v) is 5.96. The molecule has 0 spiro atoms. The highest BCUT2D eigenvalue weighted by Crippen LogP contribution is 2.36. The Morgan fingerprint density at radius 1 is 1.25 bits per heavy atom. The topological polar surface area (TPSA) is 158 Å². The highest BCUT2D eigenvalue weighted by molar-refractivity contribution is 6.28. The molecule has 3 rings (SSSR count). The standard InChI is InChI=1S/C23H26ClF4N5O7/c1-3-38-20(36)22(19(34)35,9-12-4-6-13(7-5-12)40-23(26,27)28)39-10-14(37-2)8-15(25)33-11-30-16-17(29)31-21(24)32-18(16)33/h4-7,14-15,30H,3,8-11H2,1-2H3,(H,34,35)(H2,29,31,32). The Morgan fingerprint density at radius 3 is 2.50 bits per heavy atom. The number of hydrogen-bond acceptors (Lipinski definition) is 11. The third kappa shape index (κ3) is 7.31. The Bertz CT molecular complexity index is 1210. The monoisotopic (exact) mass is 595 g/mol. The van der Waals surface area contributed by atoms with Crippen LogP contribution in [0.2, 0.25) is 5.28 Å². The van der Waals surface area contributed by atoms with Crippen molar-refractivity contribution in [3.05, 3.63) is 35.1 Å². The number of carbonyl (C=O) groups is 2. The van der Waals surface area contributed by atoms with Gasteiger partial charge in [0.1, 0.15) is 11.4 Å². The fraction of sp³-hybridized carbons (Fsp3) is 0.478. The van der Waals surface area contributed by atoms with E-state index in [4.69, 9.17) is 31.5 Å². The number of aliphatic carboxylic acids is 1. The van der Waals surface area contributed by atoms with Crippen LogP contribution < -0.4 is 20.7 Å². The first-order valence-corrected chi connectivity index (χ1v) is 12.1. The van der Waals surface area contributed by atoms with E-state index in [1.165, 1.54) is 18.9 Å². The molecule has 0 fully saturated rings. The molecule has 0 aliphatic carbocycles. The molecule has 1 aromatic carbocycles. The predicted molar refractivity (Wildman–Crippen MR) is 133 cm³/mol. The van der Waals surface area contributed by atoms with Gasteiger partial charge in [-0.05, 0) is 36.2 Å². The Balaban J connectivity index is 1.77. The lowest BCUT2D eigenvalue weighted by atomic mass is 9.94. The molecule has 1 aliphatic rings. The van der Waals surface area contributed by atoms with Crippen LogP contribution in [0, 0.1) is 0 Å². The number of anilines is 3. The minimum atomic E-state index is -4.93. The normalized spacial score (nSPS) is 15.9. The molecule has 17 heteroatoms. The van der Waals surface area contributed by atoms with Crippen molar-refractivity contribution in [2.45, 2.75) is 44.1 Å². The summed E-state index contributed by atoms with van der Waals surface area (Å²) in [5.74, 6) is -3.40. The smallest absolute Gasteiger partial charge is 0.479 e. The number of nitrogen functional groups attached to an aromatic ring is 1. The maximum atomic E-state index is 15.4. The molecule has 0 bridgehead atoms. The van der Waals surface area contributed by atoms with E-state index in [1.54, 1.807) is 0 Å². The van der Waals surface area contributed by atoms with Gasteiger partial charge in [-0.15, -0.1) is 13.2 Å². The quantitative estimate of drug-likeness (QED) is 0.102. The number of nitrogens with two attached hydrogens (primary N) is 1. The summed E-state index contributed by atoms with van der Waals surface area (Å²) in [5.41, 5.74) is 3.58. The molecule has 0 amide bonds. The molecular formula is C23H26ClF4N5O7. The maximum absolute atomic E-state index is 15.4. The maximum Gasteiger partial charge on any atom is 0.573 e. The molecule has 0 saturated carbocycles. The van der Waals surface area contributed by atoms with E-state index >= 15 is 4.39 Å². The van der Waals surface area contributed by atoms with Crippen LogP contribution in [0.4, 0.5) is 34.9 Å². The number of methoxy groups -OCH3 is 1. The number of alkyl halides is 4. The van der Waals surface area contributed by atoms with E-state index in [9.17, 15) is 27.9 Å². The minimum absolute atomic E-state index is 0.0232. The minimum Gasteiger partial charge on any atom is -0.479 e. The first-order valence-electron chi connectivity index (χ1n) is 11.7. The highest BCUT2D eigenvalue weighted by atomic mass is 35.5. The number of ether oxygens (including phenoxy) is 4. The fourth-order valence-electron chi connectivity index (χ4n) is 3.85. The summed E-state index contributed by atoms with van der Waals surface area (Å²) in [6.07, 6.45) is -8.72. The van der Waals surface area contributed by atoms with Crippen LogP contribution in [0.1, 0.15) is 18.9 Å². The molecule has 2 aromatic rings. The molecule has 12 nitrogen and oxygen atoms in total. The number of carboxylic acids is 1. The van der Waals surface area contributed by atoms with Gasteiger partial charge in [0.05, 0.1) is 26.0 Å². The summed E-state index contributed by atoms with van der Waals surface area (Å²) in [5, 5.41) is 12.7. The van der Waals surface area contributed by atoms with Gasteiger partial charge < -0.3 is 40.0 Å². The molecule has 3 atom stereocenters. The van der Waals surface area contributed by atoms with Gasteiger partial charge in [-0.3, -0.25) is 0 Å². The average Bonchev–Trinajstić information content (AvgIpc) is 3.30. The zero-order valence-corrected chi connectivity index (χ0v) is 22.0. The molecule has 4 N–H and O–H groups in total. The number of hydrogen-bond donors (Lipinski definition) is 3. The summed E-state index contributed by atoms with van der Waals surface area (Å²) in [7, 11) is 1.24. The number of esters is 1. The van der Waals surface area contributed by atoms with Crippen molar-refractivity contribution < 1.29 is 51.2 Å². The van der Waals surface area contributed by atoms with E-state index in [0.717, 1.165) is 24.3 Å². The number of benzene rings is 1. The van der Waals surface area contributed by atoms with Gasteiger partial charge in [-0.25, -0.2) is 14.0 Å². The first kappa shape index (κ1) is 30.9. The Kier molecular flexibility index (Phi) is 9.81. The second kappa shape index (κ2) is 12.7. The van der Waals surface area contributed by atoms with Gasteiger partial charge in [-0.1, -0.05) is 12.1 Å². The third-order valence-electron chi connectivity index (χ3n) is 5.79. The molecule has 0 saturated heterocycles. The molecule has 1 aromatic heterocycles. The average molecular weight is 596 g/mol. The first-order chi connectivity index (χ1) is 18.8. The largest absolute Gasteiger partial charge is 0.573 e. The number of aromatic nitrogens is 2. The van der Waals surface area contributed by atoms with Crippen LogP contribution >= 0.6 is 11.6 Å². The van der Waals surface area contributed by atoms with Gasteiger partial charge in [0.25, 0.3) is 5.60 Å². The number of halogens is 5. The molecule has 220 valence electrons. The number of nitrogens with zero attached hydrogens (tertiary/aromatic N) is 3. The lowest BCUT2D eigenvalue weighted by molar-refractivity contribution is -0.274. The molecular weight excluding hydrogens is 570 g/mol. The predicted octanol–water partition coefficient (Wildman–Crippen LogP) is 3.15. The van der Waals surface area contributed by atoms with Crippen molar-refractivity contribution in [3.63, 3.8) is 0 Å². The molecule has 0 radical (unpaired) electrons. The van der Waals surface area contributed by atoms with Gasteiger partial charge in [-0.2, -0.15) is 9.97 Å². The Hall–Kier alpha value is -3.63. The lowest BCUT2D eigenvalue weighted by Gasteiger charge is -2.30. The van der Waals surface area contributed by atoms with Gasteiger partial charge in [0.15, 0.2) is 17.9 Å². The second-order valence-electron chi connectivity index (χ2n) is 8.44. The number of carboxylic acid groups (broad SMARTS) is 1. The van der Waals surface area contributed by atoms with Crippen molar-refractivity contribution in [3.8, 4) is 5.75 Å². The van der Waals surface area contributed by atoms with E-state index in [2.05, 4.69) is 20.0 Å². The summed E-state index contributed by atoms with van der Waals surface area (Å²) in [6, 6.07) is 4.19.